The molecule has 0 aliphatic carbocycles. The molecule has 0 atom stereocenters. The lowest BCUT2D eigenvalue weighted by Crippen LogP contribution is -2.11. The Morgan fingerprint density at radius 3 is 2.69 bits per heavy atom. The fourth-order valence-corrected chi connectivity index (χ4v) is 3.01. The molecule has 0 fully saturated rings. The van der Waals surface area contributed by atoms with Gasteiger partial charge >= 0.3 is 0 Å². The molecule has 0 bridgehead atoms. The number of methoxy groups -OCH3 is 1. The summed E-state index contributed by atoms with van der Waals surface area (Å²) < 4.78 is 16.8. The minimum atomic E-state index is -0.373. The van der Waals surface area contributed by atoms with Crippen molar-refractivity contribution in [3.63, 3.8) is 0 Å². The second kappa shape index (κ2) is 8.24. The Hall–Kier alpha value is -3.51. The second-order valence-corrected chi connectivity index (χ2v) is 6.69. The summed E-state index contributed by atoms with van der Waals surface area (Å²) in [6.45, 7) is 0.348. The number of fused-ring (bicyclic) bond motifs is 1. The van der Waals surface area contributed by atoms with Crippen molar-refractivity contribution < 1.29 is 18.7 Å². The van der Waals surface area contributed by atoms with Crippen LogP contribution in [0.1, 0.15) is 16.1 Å². The highest BCUT2D eigenvalue weighted by Gasteiger charge is 2.14. The largest absolute Gasteiger partial charge is 0.493 e. The van der Waals surface area contributed by atoms with E-state index in [0.29, 0.717) is 34.4 Å². The van der Waals surface area contributed by atoms with Crippen molar-refractivity contribution in [2.24, 2.45) is 0 Å². The first-order chi connectivity index (χ1) is 14.1. The molecule has 7 heteroatoms. The van der Waals surface area contributed by atoms with Crippen LogP contribution in [-0.4, -0.2) is 18.0 Å². The molecule has 0 aliphatic heterocycles. The van der Waals surface area contributed by atoms with Crippen molar-refractivity contribution in [1.29, 1.82) is 0 Å². The fourth-order valence-electron chi connectivity index (χ4n) is 2.83. The lowest BCUT2D eigenvalue weighted by molar-refractivity contribution is 0.0998. The number of nitrogens with one attached hydrogen (secondary N) is 1. The summed E-state index contributed by atoms with van der Waals surface area (Å²) in [5.41, 5.74) is 2.12. The van der Waals surface area contributed by atoms with Crippen molar-refractivity contribution in [2.45, 2.75) is 6.61 Å². The standard InChI is InChI=1S/C22H17ClN2O4/c1-27-19-5-3-17(12-20(19)28-13-14-6-8-24-9-7-14)25-22(26)21-11-15-10-16(23)2-4-18(15)29-21/h2-12H,13H2,1H3,(H,25,26). The molecule has 0 unspecified atom stereocenters. The summed E-state index contributed by atoms with van der Waals surface area (Å²) in [7, 11) is 1.56. The average molecular weight is 409 g/mol. The van der Waals surface area contributed by atoms with Gasteiger partial charge in [0.05, 0.1) is 7.11 Å². The first-order valence-corrected chi connectivity index (χ1v) is 9.20. The summed E-state index contributed by atoms with van der Waals surface area (Å²) in [4.78, 5) is 16.6. The molecule has 6 nitrogen and oxygen atoms in total. The number of rotatable bonds is 6. The first-order valence-electron chi connectivity index (χ1n) is 8.82. The van der Waals surface area contributed by atoms with Gasteiger partial charge in [0, 0.05) is 34.6 Å². The fraction of sp³-hybridized carbons (Fsp3) is 0.0909. The molecule has 2 aromatic heterocycles. The van der Waals surface area contributed by atoms with Crippen molar-refractivity contribution in [3.8, 4) is 11.5 Å². The predicted octanol–water partition coefficient (Wildman–Crippen LogP) is 5.32. The van der Waals surface area contributed by atoms with Crippen LogP contribution in [0.4, 0.5) is 5.69 Å². The molecule has 2 heterocycles. The van der Waals surface area contributed by atoms with E-state index in [4.69, 9.17) is 25.5 Å². The lowest BCUT2D eigenvalue weighted by Gasteiger charge is -2.12. The van der Waals surface area contributed by atoms with Crippen LogP contribution in [0.25, 0.3) is 11.0 Å². The number of carbonyl (C=O) groups is 1. The molecule has 146 valence electrons. The minimum absolute atomic E-state index is 0.192. The van der Waals surface area contributed by atoms with Gasteiger partial charge in [-0.3, -0.25) is 9.78 Å². The van der Waals surface area contributed by atoms with Gasteiger partial charge in [-0.15, -0.1) is 0 Å². The molecule has 0 radical (unpaired) electrons. The Morgan fingerprint density at radius 1 is 1.07 bits per heavy atom. The van der Waals surface area contributed by atoms with E-state index >= 15 is 0 Å². The molecule has 4 rings (SSSR count). The molecule has 0 saturated carbocycles. The van der Waals surface area contributed by atoms with Gasteiger partial charge in [-0.05, 0) is 54.1 Å². The number of amides is 1. The highest BCUT2D eigenvalue weighted by molar-refractivity contribution is 6.31. The Balaban J connectivity index is 1.52. The topological polar surface area (TPSA) is 73.6 Å². The van der Waals surface area contributed by atoms with Crippen molar-refractivity contribution >= 4 is 34.2 Å². The second-order valence-electron chi connectivity index (χ2n) is 6.26. The summed E-state index contributed by atoms with van der Waals surface area (Å²) in [5.74, 6) is 0.897. The van der Waals surface area contributed by atoms with Crippen LogP contribution < -0.4 is 14.8 Å². The number of benzene rings is 2. The highest BCUT2D eigenvalue weighted by Crippen LogP contribution is 2.31. The average Bonchev–Trinajstić information content (AvgIpc) is 3.16. The molecule has 1 N–H and O–H groups in total. The third kappa shape index (κ3) is 4.33. The normalized spacial score (nSPS) is 10.7. The number of carbonyl (C=O) groups excluding carboxylic acids is 1. The molecular formula is C22H17ClN2O4. The summed E-state index contributed by atoms with van der Waals surface area (Å²) >= 11 is 5.99. The van der Waals surface area contributed by atoms with E-state index in [2.05, 4.69) is 10.3 Å². The third-order valence-corrected chi connectivity index (χ3v) is 4.50. The van der Waals surface area contributed by atoms with E-state index in [1.165, 1.54) is 0 Å². The van der Waals surface area contributed by atoms with Crippen LogP contribution in [0, 0.1) is 0 Å². The number of anilines is 1. The number of furan rings is 1. The van der Waals surface area contributed by atoms with E-state index in [9.17, 15) is 4.79 Å². The number of ether oxygens (including phenoxy) is 2. The van der Waals surface area contributed by atoms with Crippen molar-refractivity contribution in [3.05, 3.63) is 83.3 Å². The minimum Gasteiger partial charge on any atom is -0.493 e. The number of halogens is 1. The van der Waals surface area contributed by atoms with E-state index in [-0.39, 0.29) is 11.7 Å². The number of aromatic nitrogens is 1. The molecule has 1 amide bonds. The van der Waals surface area contributed by atoms with Crippen LogP contribution in [0.2, 0.25) is 5.02 Å². The van der Waals surface area contributed by atoms with Gasteiger partial charge in [0.15, 0.2) is 17.3 Å². The molecule has 0 aliphatic rings. The van der Waals surface area contributed by atoms with Gasteiger partial charge in [0.25, 0.3) is 5.91 Å². The number of nitrogens with zero attached hydrogens (tertiary/aromatic N) is 1. The van der Waals surface area contributed by atoms with Gasteiger partial charge in [-0.2, -0.15) is 0 Å². The molecular weight excluding hydrogens is 392 g/mol. The monoisotopic (exact) mass is 408 g/mol. The van der Waals surface area contributed by atoms with Gasteiger partial charge in [-0.1, -0.05) is 11.6 Å². The van der Waals surface area contributed by atoms with Crippen LogP contribution in [0.5, 0.6) is 11.5 Å². The molecule has 29 heavy (non-hydrogen) atoms. The SMILES string of the molecule is COc1ccc(NC(=O)c2cc3cc(Cl)ccc3o2)cc1OCc1ccncc1. The molecule has 0 spiro atoms. The van der Waals surface area contributed by atoms with E-state index in [0.717, 1.165) is 10.9 Å². The van der Waals surface area contributed by atoms with Crippen LogP contribution in [-0.2, 0) is 6.61 Å². The number of hydrogen-bond donors (Lipinski definition) is 1. The third-order valence-electron chi connectivity index (χ3n) is 4.27. The van der Waals surface area contributed by atoms with Crippen LogP contribution >= 0.6 is 11.6 Å². The van der Waals surface area contributed by atoms with E-state index in [1.54, 1.807) is 62.0 Å². The van der Waals surface area contributed by atoms with Crippen LogP contribution in [0.15, 0.2) is 71.4 Å². The molecule has 4 aromatic rings. The van der Waals surface area contributed by atoms with E-state index < -0.39 is 0 Å². The van der Waals surface area contributed by atoms with Gasteiger partial charge in [0.1, 0.15) is 12.2 Å². The summed E-state index contributed by atoms with van der Waals surface area (Å²) in [6, 6.07) is 15.7. The Labute approximate surface area is 172 Å². The molecule has 2 aromatic carbocycles. The quantitative estimate of drug-likeness (QED) is 0.467. The van der Waals surface area contributed by atoms with Gasteiger partial charge < -0.3 is 19.2 Å². The van der Waals surface area contributed by atoms with E-state index in [1.807, 2.05) is 12.1 Å². The Bertz CT molecular complexity index is 1160. The maximum atomic E-state index is 12.6. The van der Waals surface area contributed by atoms with Crippen LogP contribution in [0.3, 0.4) is 0 Å². The Morgan fingerprint density at radius 2 is 1.90 bits per heavy atom. The van der Waals surface area contributed by atoms with Crippen molar-refractivity contribution in [1.82, 2.24) is 4.98 Å². The predicted molar refractivity (Wildman–Crippen MR) is 111 cm³/mol. The summed E-state index contributed by atoms with van der Waals surface area (Å²) in [5, 5.41) is 4.16. The molecule has 0 saturated heterocycles. The Kier molecular flexibility index (Phi) is 5.35. The first kappa shape index (κ1) is 18.8. The zero-order valence-electron chi connectivity index (χ0n) is 15.5. The lowest BCUT2D eigenvalue weighted by atomic mass is 10.2. The number of pyridine rings is 1. The maximum absolute atomic E-state index is 12.6. The van der Waals surface area contributed by atoms with Gasteiger partial charge in [0.2, 0.25) is 0 Å². The van der Waals surface area contributed by atoms with Crippen molar-refractivity contribution in [2.75, 3.05) is 12.4 Å². The smallest absolute Gasteiger partial charge is 0.291 e. The number of hydrogen-bond acceptors (Lipinski definition) is 5. The summed E-state index contributed by atoms with van der Waals surface area (Å²) in [6.07, 6.45) is 3.40. The zero-order chi connectivity index (χ0) is 20.2. The maximum Gasteiger partial charge on any atom is 0.291 e. The van der Waals surface area contributed by atoms with Gasteiger partial charge in [-0.25, -0.2) is 0 Å². The highest BCUT2D eigenvalue weighted by atomic mass is 35.5. The zero-order valence-corrected chi connectivity index (χ0v) is 16.3.